The van der Waals surface area contributed by atoms with E-state index in [4.69, 9.17) is 24.3 Å². The number of nitrogens with zero attached hydrogens (tertiary/aromatic N) is 6. The lowest BCUT2D eigenvalue weighted by Gasteiger charge is -2.32. The Hall–Kier alpha value is -12.1. The average Bonchev–Trinajstić information content (AvgIpc) is 1.52. The van der Waals surface area contributed by atoms with E-state index >= 15 is 0 Å². The Bertz CT molecular complexity index is 6070. The maximum absolute atomic E-state index is 6.31. The van der Waals surface area contributed by atoms with E-state index in [0.717, 1.165) is 94.8 Å². The Morgan fingerprint density at radius 2 is 0.770 bits per heavy atom. The van der Waals surface area contributed by atoms with Crippen molar-refractivity contribution in [3.05, 3.63) is 328 Å². The maximum Gasteiger partial charge on any atom is 0.494 e. The third-order valence-electron chi connectivity index (χ3n) is 20.3. The normalized spacial score (nSPS) is 13.4. The van der Waals surface area contributed by atoms with E-state index in [-0.39, 0.29) is 19.6 Å². The predicted molar refractivity (Wildman–Crippen MR) is 421 cm³/mol. The van der Waals surface area contributed by atoms with E-state index in [1.165, 1.54) is 65.2 Å². The highest BCUT2D eigenvalue weighted by atomic mass is 16.7. The minimum atomic E-state index is -0.394. The Balaban J connectivity index is 0.000000155. The van der Waals surface area contributed by atoms with Gasteiger partial charge in [0.1, 0.15) is 0 Å². The second-order valence-corrected chi connectivity index (χ2v) is 26.7. The quantitative estimate of drug-likeness (QED) is 0.0818. The van der Waals surface area contributed by atoms with Crippen LogP contribution in [0, 0.1) is 0 Å². The largest absolute Gasteiger partial charge is 0.494 e. The molecule has 100 heavy (non-hydrogen) atoms. The summed E-state index contributed by atoms with van der Waals surface area (Å²) in [5.74, 6) is 0.701. The monoisotopic (exact) mass is 1290 g/mol. The maximum atomic E-state index is 6.31. The van der Waals surface area contributed by atoms with Crippen molar-refractivity contribution >= 4 is 108 Å². The van der Waals surface area contributed by atoms with Gasteiger partial charge in [-0.2, -0.15) is 4.57 Å². The summed E-state index contributed by atoms with van der Waals surface area (Å²) in [6.07, 6.45) is 2.28. The molecule has 5 aromatic heterocycles. The molecule has 0 N–H and O–H groups in total. The summed E-state index contributed by atoms with van der Waals surface area (Å²) in [6, 6.07) is 114. The van der Waals surface area contributed by atoms with Crippen molar-refractivity contribution < 1.29 is 13.9 Å². The molecule has 0 atom stereocenters. The Morgan fingerprint density at radius 3 is 1.33 bits per heavy atom. The van der Waals surface area contributed by atoms with Crippen LogP contribution in [-0.2, 0) is 9.31 Å². The zero-order valence-electron chi connectivity index (χ0n) is 55.3. The van der Waals surface area contributed by atoms with Crippen LogP contribution in [0.3, 0.4) is 0 Å². The van der Waals surface area contributed by atoms with Crippen LogP contribution in [0.5, 0.6) is 0 Å². The molecule has 0 saturated carbocycles. The molecule has 19 rings (SSSR count). The van der Waals surface area contributed by atoms with Crippen molar-refractivity contribution in [2.75, 3.05) is 0 Å². The first-order chi connectivity index (χ1) is 48.6. The van der Waals surface area contributed by atoms with Crippen LogP contribution in [0.15, 0.2) is 328 Å². The van der Waals surface area contributed by atoms with Gasteiger partial charge in [-0.3, -0.25) is 0 Å². The summed E-state index contributed by atoms with van der Waals surface area (Å²) in [5.41, 5.74) is 19.5. The van der Waals surface area contributed by atoms with Gasteiger partial charge in [-0.05, 0) is 112 Å². The fourth-order valence-electron chi connectivity index (χ4n) is 14.8. The van der Waals surface area contributed by atoms with Gasteiger partial charge >= 0.3 is 7.12 Å². The molecular weight excluding hydrogens is 1220 g/mol. The molecule has 13 aromatic carbocycles. The molecule has 0 bridgehead atoms. The van der Waals surface area contributed by atoms with Crippen LogP contribution in [0.4, 0.5) is 0 Å². The lowest BCUT2D eigenvalue weighted by Crippen LogP contribution is -2.41. The number of aromatic nitrogens is 6. The molecule has 18 aromatic rings. The van der Waals surface area contributed by atoms with Gasteiger partial charge in [0.05, 0.1) is 61.3 Å². The molecule has 478 valence electrons. The van der Waals surface area contributed by atoms with Crippen LogP contribution < -0.4 is 10.0 Å². The molecule has 6 heterocycles. The zero-order chi connectivity index (χ0) is 66.3. The van der Waals surface area contributed by atoms with Crippen LogP contribution in [0.1, 0.15) is 27.7 Å². The molecule has 1 saturated heterocycles. The SMILES string of the molecule is CC1(C)OB(c2ccc(-c3nc4ccccc4c4c3ccc3c4c4ccccc4n3-c3ccccc3)cc2)OC1(C)C.[BH4-].c1ccc(-c2nc(-c3ccccc3)c(-c3ccc(-[n+]4cc5ccccc5c5c6c7ccccc7n(-c7ccccc7)c6ccc54)cc3)c(-c3ccccc3)n2)cc1. The van der Waals surface area contributed by atoms with Gasteiger partial charge in [0.2, 0.25) is 11.2 Å². The minimum absolute atomic E-state index is 0. The molecular formula is C90H70B2N6O2. The molecule has 0 spiro atoms. The highest BCUT2D eigenvalue weighted by molar-refractivity contribution is 6.62. The Kier molecular flexibility index (Phi) is 15.2. The van der Waals surface area contributed by atoms with Crippen molar-refractivity contribution in [2.24, 2.45) is 0 Å². The van der Waals surface area contributed by atoms with E-state index < -0.39 is 7.12 Å². The second-order valence-electron chi connectivity index (χ2n) is 26.7. The number of benzene rings is 13. The number of hydrogen-bond donors (Lipinski definition) is 0. The first-order valence-electron chi connectivity index (χ1n) is 33.9. The fraction of sp³-hybridized carbons (Fsp3) is 0.0667. The smallest absolute Gasteiger partial charge is 0.399 e. The van der Waals surface area contributed by atoms with E-state index in [2.05, 4.69) is 339 Å². The van der Waals surface area contributed by atoms with Crippen molar-refractivity contribution in [3.63, 3.8) is 0 Å². The number of rotatable bonds is 9. The van der Waals surface area contributed by atoms with Crippen molar-refractivity contribution in [2.45, 2.75) is 38.9 Å². The van der Waals surface area contributed by atoms with Crippen molar-refractivity contribution in [1.29, 1.82) is 0 Å². The fourth-order valence-corrected chi connectivity index (χ4v) is 14.8. The Morgan fingerprint density at radius 1 is 0.330 bits per heavy atom. The molecule has 0 unspecified atom stereocenters. The topological polar surface area (TPSA) is 70.9 Å². The van der Waals surface area contributed by atoms with Gasteiger partial charge in [-0.15, -0.1) is 0 Å². The van der Waals surface area contributed by atoms with Gasteiger partial charge < -0.3 is 18.4 Å². The van der Waals surface area contributed by atoms with Crippen molar-refractivity contribution in [1.82, 2.24) is 24.1 Å². The summed E-state index contributed by atoms with van der Waals surface area (Å²) in [4.78, 5) is 15.8. The first-order valence-corrected chi connectivity index (χ1v) is 33.9. The molecule has 0 radical (unpaired) electrons. The van der Waals surface area contributed by atoms with Crippen LogP contribution in [-0.4, -0.2) is 50.8 Å². The third-order valence-corrected chi connectivity index (χ3v) is 20.3. The lowest BCUT2D eigenvalue weighted by molar-refractivity contribution is -0.565. The third kappa shape index (κ3) is 10.3. The molecule has 1 aliphatic rings. The average molecular weight is 1290 g/mol. The molecule has 10 heteroatoms. The van der Waals surface area contributed by atoms with Gasteiger partial charge in [-0.25, -0.2) is 15.0 Å². The number of pyridine rings is 2. The number of hydrogen-bond acceptors (Lipinski definition) is 5. The van der Waals surface area contributed by atoms with E-state index in [9.17, 15) is 0 Å². The molecule has 8 nitrogen and oxygen atoms in total. The number of fused-ring (bicyclic) bond motifs is 14. The van der Waals surface area contributed by atoms with E-state index in [1.54, 1.807) is 0 Å². The predicted octanol–water partition coefficient (Wildman–Crippen LogP) is 19.8. The standard InChI is InChI=1S/C53H35N4.C37H31BN2O2.BH4/c1-5-17-37(18-6-1)51-48(52(38-19-7-2-8-20-38)55-53(54-51)39-21-9-3-10-22-39)36-29-31-41(32-30-36)56-35-40-23-13-14-26-43(40)49-46(56)33-34-47-50(49)44-27-15-16-28-45(44)57(47)42-24-11-4-12-25-42;1-36(2)37(3,4)42-38(41-36)25-20-18-24(19-21-25)35-29-22-23-32-34(33(29)27-14-8-10-16-30(27)39-35)28-15-9-11-17-31(28)40(32)26-12-6-5-7-13-26;/h1-35H;5-23H,1-4H3;1H4/q+1;;-1. The summed E-state index contributed by atoms with van der Waals surface area (Å²) >= 11 is 0. The van der Waals surface area contributed by atoms with Gasteiger partial charge in [0, 0.05) is 106 Å². The van der Waals surface area contributed by atoms with Crippen molar-refractivity contribution in [3.8, 4) is 73.3 Å². The molecule has 0 aliphatic carbocycles. The van der Waals surface area contributed by atoms with Crippen LogP contribution in [0.2, 0.25) is 0 Å². The molecule has 0 amide bonds. The summed E-state index contributed by atoms with van der Waals surface area (Å²) in [5, 5.41) is 12.2. The van der Waals surface area contributed by atoms with Crippen LogP contribution >= 0.6 is 0 Å². The number of para-hydroxylation sites is 5. The zero-order valence-corrected chi connectivity index (χ0v) is 55.3. The van der Waals surface area contributed by atoms with E-state index in [1.807, 2.05) is 30.3 Å². The summed E-state index contributed by atoms with van der Waals surface area (Å²) in [7, 11) is -0.394. The second kappa shape index (κ2) is 24.8. The Labute approximate surface area is 582 Å². The van der Waals surface area contributed by atoms with Gasteiger partial charge in [0.15, 0.2) is 12.0 Å². The first kappa shape index (κ1) is 61.5. The molecule has 1 aliphatic heterocycles. The molecule has 1 fully saturated rings. The van der Waals surface area contributed by atoms with Crippen LogP contribution in [0.25, 0.3) is 160 Å². The highest BCUT2D eigenvalue weighted by Crippen LogP contribution is 2.45. The highest BCUT2D eigenvalue weighted by Gasteiger charge is 2.51. The summed E-state index contributed by atoms with van der Waals surface area (Å²) < 4.78 is 19.7. The van der Waals surface area contributed by atoms with E-state index in [0.29, 0.717) is 5.82 Å². The summed E-state index contributed by atoms with van der Waals surface area (Å²) in [6.45, 7) is 8.34. The minimum Gasteiger partial charge on any atom is -0.399 e. The van der Waals surface area contributed by atoms with Gasteiger partial charge in [0.25, 0.3) is 0 Å². The lowest BCUT2D eigenvalue weighted by atomic mass is 9.78. The van der Waals surface area contributed by atoms with Gasteiger partial charge in [-0.1, -0.05) is 239 Å².